The van der Waals surface area contributed by atoms with Gasteiger partial charge in [-0.3, -0.25) is 0 Å². The molecule has 0 nitrogen and oxygen atoms in total. The highest BCUT2D eigenvalue weighted by atomic mass is 14.0. The molecule has 0 aromatic carbocycles. The quantitative estimate of drug-likeness (QED) is 0.145. The van der Waals surface area contributed by atoms with Crippen molar-refractivity contribution in [3.05, 3.63) is 73.4 Å². The molecule has 158 valence electrons. The van der Waals surface area contributed by atoms with Crippen molar-refractivity contribution in [1.29, 1.82) is 0 Å². The van der Waals surface area contributed by atoms with Gasteiger partial charge in [-0.05, 0) is 12.8 Å². The molecule has 0 aliphatic carbocycles. The van der Waals surface area contributed by atoms with E-state index in [4.69, 9.17) is 0 Å². The van der Waals surface area contributed by atoms with E-state index in [1.54, 1.807) is 6.08 Å². The Kier molecular flexibility index (Phi) is 24.0. The van der Waals surface area contributed by atoms with Crippen LogP contribution in [0.3, 0.4) is 0 Å². The number of rotatable bonds is 20. The molecule has 0 spiro atoms. The van der Waals surface area contributed by atoms with Crippen LogP contribution in [0.15, 0.2) is 73.4 Å². The average molecular weight is 383 g/mol. The van der Waals surface area contributed by atoms with Crippen LogP contribution >= 0.6 is 0 Å². The van der Waals surface area contributed by atoms with Crippen molar-refractivity contribution in [2.45, 2.75) is 103 Å². The predicted molar refractivity (Wildman–Crippen MR) is 131 cm³/mol. The van der Waals surface area contributed by atoms with Crippen LogP contribution in [0.1, 0.15) is 103 Å². The maximum absolute atomic E-state index is 3.63. The third-order valence-corrected chi connectivity index (χ3v) is 4.89. The molecule has 0 aromatic heterocycles. The summed E-state index contributed by atoms with van der Waals surface area (Å²) in [4.78, 5) is 0. The van der Waals surface area contributed by atoms with Gasteiger partial charge in [0.2, 0.25) is 0 Å². The first-order chi connectivity index (χ1) is 13.9. The summed E-state index contributed by atoms with van der Waals surface area (Å²) in [5, 5.41) is 0. The number of unbranched alkanes of at least 4 members (excludes halogenated alkanes) is 14. The number of hydrogen-bond donors (Lipinski definition) is 0. The summed E-state index contributed by atoms with van der Waals surface area (Å²) in [6.45, 7) is 5.92. The molecule has 0 unspecified atom stereocenters. The standard InChI is InChI=1S/C28H46/c1-3-5-7-9-11-13-15-17-19-21-23-25-27-28-26-24-22-20-18-16-14-12-10-8-6-4-2/h3,5,7,9,11,13,15,17,19,21,23H,1,4,6,8,10,12,14,16,18,20,22,24-28H2,2H3. The van der Waals surface area contributed by atoms with Crippen molar-refractivity contribution < 1.29 is 0 Å². The largest absolute Gasteiger partial charge is 0.0991 e. The lowest BCUT2D eigenvalue weighted by Crippen LogP contribution is -1.83. The Labute approximate surface area is 176 Å². The van der Waals surface area contributed by atoms with E-state index in [1.165, 1.54) is 96.3 Å². The van der Waals surface area contributed by atoms with Crippen LogP contribution in [0, 0.1) is 0 Å². The molecule has 0 amide bonds. The molecule has 0 fully saturated rings. The molecule has 0 rings (SSSR count). The molecule has 0 aliphatic rings. The van der Waals surface area contributed by atoms with Crippen LogP contribution in [-0.2, 0) is 0 Å². The summed E-state index contributed by atoms with van der Waals surface area (Å²) < 4.78 is 0. The highest BCUT2D eigenvalue weighted by Crippen LogP contribution is 2.13. The van der Waals surface area contributed by atoms with Crippen LogP contribution in [0.25, 0.3) is 0 Å². The minimum Gasteiger partial charge on any atom is -0.0991 e. The molecular formula is C28H46. The second-order valence-corrected chi connectivity index (χ2v) is 7.59. The van der Waals surface area contributed by atoms with Crippen LogP contribution in [0.4, 0.5) is 0 Å². The lowest BCUT2D eigenvalue weighted by atomic mass is 10.0. The Morgan fingerprint density at radius 1 is 0.429 bits per heavy atom. The third kappa shape index (κ3) is 24.4. The van der Waals surface area contributed by atoms with Crippen molar-refractivity contribution in [2.24, 2.45) is 0 Å². The molecule has 0 heteroatoms. The molecule has 0 radical (unpaired) electrons. The van der Waals surface area contributed by atoms with E-state index >= 15 is 0 Å². The van der Waals surface area contributed by atoms with Crippen molar-refractivity contribution in [3.8, 4) is 0 Å². The Bertz CT molecular complexity index is 445. The minimum absolute atomic E-state index is 1.21. The van der Waals surface area contributed by atoms with Gasteiger partial charge in [-0.25, -0.2) is 0 Å². The molecule has 0 saturated heterocycles. The zero-order valence-corrected chi connectivity index (χ0v) is 18.7. The van der Waals surface area contributed by atoms with Crippen molar-refractivity contribution in [3.63, 3.8) is 0 Å². The molecule has 0 atom stereocenters. The zero-order valence-electron chi connectivity index (χ0n) is 18.7. The molecular weight excluding hydrogens is 336 g/mol. The van der Waals surface area contributed by atoms with E-state index in [0.717, 1.165) is 0 Å². The Morgan fingerprint density at radius 3 is 1.21 bits per heavy atom. The van der Waals surface area contributed by atoms with Gasteiger partial charge in [-0.2, -0.15) is 0 Å². The molecule has 0 aromatic rings. The van der Waals surface area contributed by atoms with E-state index in [-0.39, 0.29) is 0 Å². The first kappa shape index (κ1) is 26.4. The van der Waals surface area contributed by atoms with E-state index in [2.05, 4.69) is 43.9 Å². The van der Waals surface area contributed by atoms with Gasteiger partial charge < -0.3 is 0 Å². The topological polar surface area (TPSA) is 0 Å². The number of hydrogen-bond acceptors (Lipinski definition) is 0. The predicted octanol–water partition coefficient (Wildman–Crippen LogP) is 9.82. The fraction of sp³-hybridized carbons (Fsp3) is 0.571. The molecule has 0 bridgehead atoms. The third-order valence-electron chi connectivity index (χ3n) is 4.89. The average Bonchev–Trinajstić information content (AvgIpc) is 2.71. The molecule has 0 aliphatic heterocycles. The SMILES string of the molecule is C=CC=CC=CC=CC=CC=CCCCCCCCCCCCCCCCC. The fourth-order valence-corrected chi connectivity index (χ4v) is 3.16. The van der Waals surface area contributed by atoms with E-state index in [0.29, 0.717) is 0 Å². The second-order valence-electron chi connectivity index (χ2n) is 7.59. The van der Waals surface area contributed by atoms with Crippen LogP contribution in [-0.4, -0.2) is 0 Å². The van der Waals surface area contributed by atoms with Crippen LogP contribution < -0.4 is 0 Å². The zero-order chi connectivity index (χ0) is 20.4. The summed E-state index contributed by atoms with van der Waals surface area (Å²) in [5.74, 6) is 0. The molecule has 0 saturated carbocycles. The highest BCUT2D eigenvalue weighted by Gasteiger charge is 1.93. The van der Waals surface area contributed by atoms with Gasteiger partial charge in [0.15, 0.2) is 0 Å². The van der Waals surface area contributed by atoms with Gasteiger partial charge in [-0.1, -0.05) is 164 Å². The normalized spacial score (nSPS) is 12.6. The van der Waals surface area contributed by atoms with Gasteiger partial charge in [0.05, 0.1) is 0 Å². The molecule has 0 N–H and O–H groups in total. The first-order valence-electron chi connectivity index (χ1n) is 11.9. The summed E-state index contributed by atoms with van der Waals surface area (Å²) in [6, 6.07) is 0. The van der Waals surface area contributed by atoms with E-state index < -0.39 is 0 Å². The second kappa shape index (κ2) is 25.4. The Balaban J connectivity index is 3.28. The van der Waals surface area contributed by atoms with Crippen LogP contribution in [0.5, 0.6) is 0 Å². The lowest BCUT2D eigenvalue weighted by Gasteiger charge is -2.02. The summed E-state index contributed by atoms with van der Waals surface area (Å²) in [5.41, 5.74) is 0. The van der Waals surface area contributed by atoms with E-state index in [1.807, 2.05) is 30.4 Å². The maximum atomic E-state index is 3.63. The monoisotopic (exact) mass is 382 g/mol. The Hall–Kier alpha value is -1.56. The van der Waals surface area contributed by atoms with Crippen molar-refractivity contribution >= 4 is 0 Å². The number of allylic oxidation sites excluding steroid dienone is 11. The van der Waals surface area contributed by atoms with Gasteiger partial charge in [0, 0.05) is 0 Å². The smallest absolute Gasteiger partial charge is 0.0348 e. The van der Waals surface area contributed by atoms with Gasteiger partial charge in [0.25, 0.3) is 0 Å². The van der Waals surface area contributed by atoms with Crippen LogP contribution in [0.2, 0.25) is 0 Å². The summed E-state index contributed by atoms with van der Waals surface area (Å²) in [7, 11) is 0. The van der Waals surface area contributed by atoms with Gasteiger partial charge in [0.1, 0.15) is 0 Å². The van der Waals surface area contributed by atoms with Gasteiger partial charge >= 0.3 is 0 Å². The molecule has 28 heavy (non-hydrogen) atoms. The fourth-order valence-electron chi connectivity index (χ4n) is 3.16. The van der Waals surface area contributed by atoms with Crippen molar-refractivity contribution in [2.75, 3.05) is 0 Å². The minimum atomic E-state index is 1.21. The van der Waals surface area contributed by atoms with Crippen molar-refractivity contribution in [1.82, 2.24) is 0 Å². The highest BCUT2D eigenvalue weighted by molar-refractivity contribution is 5.18. The maximum Gasteiger partial charge on any atom is -0.0348 e. The first-order valence-corrected chi connectivity index (χ1v) is 11.9. The summed E-state index contributed by atoms with van der Waals surface area (Å²) >= 11 is 0. The molecule has 0 heterocycles. The lowest BCUT2D eigenvalue weighted by molar-refractivity contribution is 0.536. The van der Waals surface area contributed by atoms with E-state index in [9.17, 15) is 0 Å². The summed E-state index contributed by atoms with van der Waals surface area (Å²) in [6.07, 6.45) is 43.6. The van der Waals surface area contributed by atoms with Gasteiger partial charge in [-0.15, -0.1) is 0 Å². The Morgan fingerprint density at radius 2 is 0.786 bits per heavy atom.